The summed E-state index contributed by atoms with van der Waals surface area (Å²) >= 11 is 0. The van der Waals surface area contributed by atoms with Crippen LogP contribution in [0.3, 0.4) is 0 Å². The van der Waals surface area contributed by atoms with E-state index in [-0.39, 0.29) is 36.6 Å². The molecular formula is C43H65N5O7S. The highest BCUT2D eigenvalue weighted by Crippen LogP contribution is 2.41. The van der Waals surface area contributed by atoms with E-state index in [0.29, 0.717) is 38.5 Å². The lowest BCUT2D eigenvalue weighted by molar-refractivity contribution is -0.144. The van der Waals surface area contributed by atoms with Gasteiger partial charge in [-0.15, -0.1) is 6.58 Å². The summed E-state index contributed by atoms with van der Waals surface area (Å²) < 4.78 is 26.0. The number of carbonyl (C=O) groups is 5. The number of hydrogen-bond acceptors (Lipinski definition) is 7. The number of benzene rings is 1. The van der Waals surface area contributed by atoms with Crippen LogP contribution in [-0.4, -0.2) is 90.1 Å². The zero-order valence-corrected chi connectivity index (χ0v) is 35.2. The van der Waals surface area contributed by atoms with Crippen LogP contribution in [0.15, 0.2) is 36.9 Å². The van der Waals surface area contributed by atoms with Gasteiger partial charge in [0.1, 0.15) is 12.1 Å². The fraction of sp³-hybridized carbons (Fsp3) is 0.698. The number of ketones is 1. The first-order valence-corrected chi connectivity index (χ1v) is 22.3. The van der Waals surface area contributed by atoms with Gasteiger partial charge < -0.3 is 26.2 Å². The number of nitrogens with zero attached hydrogens (tertiary/aromatic N) is 1. The maximum Gasteiger partial charge on any atom is 0.315 e. The van der Waals surface area contributed by atoms with Gasteiger partial charge in [-0.25, -0.2) is 13.2 Å². The van der Waals surface area contributed by atoms with Crippen molar-refractivity contribution in [2.24, 2.45) is 23.2 Å². The van der Waals surface area contributed by atoms with Crippen LogP contribution in [0.25, 0.3) is 0 Å². The third kappa shape index (κ3) is 10.0. The van der Waals surface area contributed by atoms with Crippen molar-refractivity contribution in [3.8, 4) is 0 Å². The maximum atomic E-state index is 15.1. The molecule has 4 N–H and O–H groups in total. The summed E-state index contributed by atoms with van der Waals surface area (Å²) in [6.45, 7) is 15.1. The minimum atomic E-state index is -3.60. The third-order valence-corrected chi connectivity index (χ3v) is 15.6. The Morgan fingerprint density at radius 1 is 0.911 bits per heavy atom. The lowest BCUT2D eigenvalue weighted by atomic mass is 9.75. The minimum Gasteiger partial charge on any atom is -0.346 e. The number of amides is 5. The van der Waals surface area contributed by atoms with Crippen molar-refractivity contribution in [1.82, 2.24) is 26.2 Å². The van der Waals surface area contributed by atoms with E-state index < -0.39 is 73.2 Å². The fourth-order valence-corrected chi connectivity index (χ4v) is 10.7. The molecule has 2 saturated carbocycles. The Bertz CT molecular complexity index is 1730. The maximum absolute atomic E-state index is 15.1. The Balaban J connectivity index is 1.44. The SMILES string of the molecule is C=CCNC(=O)C(=O)C(CC1CCC1)NC(=O)[C@@H]1[C@@H](C(C)(C)C)CCN1C(=O)[C@@H](NC(=O)NC1(CS(=O)(=O)C(C)(C)C)CCCCC1)C1Cc2ccccc2C1. The molecule has 56 heavy (non-hydrogen) atoms. The molecule has 0 aromatic heterocycles. The number of likely N-dealkylation sites (tertiary alicyclic amines) is 1. The lowest BCUT2D eigenvalue weighted by Crippen LogP contribution is -2.63. The van der Waals surface area contributed by atoms with Crippen molar-refractivity contribution in [2.45, 2.75) is 147 Å². The smallest absolute Gasteiger partial charge is 0.315 e. The Morgan fingerprint density at radius 3 is 2.07 bits per heavy atom. The summed E-state index contributed by atoms with van der Waals surface area (Å²) in [7, 11) is -3.60. The molecule has 1 aromatic rings. The van der Waals surface area contributed by atoms with Crippen molar-refractivity contribution in [1.29, 1.82) is 0 Å². The number of nitrogens with one attached hydrogen (secondary N) is 4. The summed E-state index contributed by atoms with van der Waals surface area (Å²) in [5, 5.41) is 11.6. The molecule has 1 heterocycles. The molecular weight excluding hydrogens is 731 g/mol. The third-order valence-electron chi connectivity index (χ3n) is 12.8. The molecule has 12 nitrogen and oxygen atoms in total. The van der Waals surface area contributed by atoms with Gasteiger partial charge in [-0.3, -0.25) is 19.2 Å². The second-order valence-corrected chi connectivity index (χ2v) is 21.7. The predicted molar refractivity (Wildman–Crippen MR) is 217 cm³/mol. The number of urea groups is 1. The van der Waals surface area contributed by atoms with E-state index in [0.717, 1.165) is 49.7 Å². The van der Waals surface area contributed by atoms with E-state index in [9.17, 15) is 27.6 Å². The molecule has 0 spiro atoms. The Morgan fingerprint density at radius 2 is 1.54 bits per heavy atom. The van der Waals surface area contributed by atoms with Gasteiger partial charge in [0.25, 0.3) is 5.91 Å². The first-order chi connectivity index (χ1) is 26.2. The van der Waals surface area contributed by atoms with Crippen LogP contribution in [0.1, 0.15) is 117 Å². The van der Waals surface area contributed by atoms with E-state index in [1.165, 1.54) is 6.08 Å². The second kappa shape index (κ2) is 17.4. The Hall–Kier alpha value is -3.74. The van der Waals surface area contributed by atoms with Gasteiger partial charge in [-0.2, -0.15) is 0 Å². The molecule has 1 aliphatic heterocycles. The second-order valence-electron chi connectivity index (χ2n) is 18.9. The van der Waals surface area contributed by atoms with E-state index in [1.807, 2.05) is 45.0 Å². The van der Waals surface area contributed by atoms with Crippen molar-refractivity contribution < 1.29 is 32.4 Å². The van der Waals surface area contributed by atoms with Gasteiger partial charge in [0, 0.05) is 13.1 Å². The van der Waals surface area contributed by atoms with E-state index in [1.54, 1.807) is 25.7 Å². The van der Waals surface area contributed by atoms with Gasteiger partial charge in [-0.1, -0.05) is 89.6 Å². The van der Waals surface area contributed by atoms with Crippen LogP contribution >= 0.6 is 0 Å². The van der Waals surface area contributed by atoms with Crippen molar-refractivity contribution in [3.05, 3.63) is 48.0 Å². The molecule has 3 aliphatic carbocycles. The van der Waals surface area contributed by atoms with E-state index >= 15 is 4.79 Å². The van der Waals surface area contributed by atoms with Crippen LogP contribution in [0.5, 0.6) is 0 Å². The van der Waals surface area contributed by atoms with Crippen LogP contribution in [-0.2, 0) is 41.9 Å². The average Bonchev–Trinajstić information content (AvgIpc) is 3.75. The minimum absolute atomic E-state index is 0.117. The molecule has 0 radical (unpaired) electrons. The van der Waals surface area contributed by atoms with Crippen molar-refractivity contribution in [3.63, 3.8) is 0 Å². The quantitative estimate of drug-likeness (QED) is 0.155. The van der Waals surface area contributed by atoms with Gasteiger partial charge >= 0.3 is 6.03 Å². The summed E-state index contributed by atoms with van der Waals surface area (Å²) in [6.07, 6.45) is 9.81. The highest BCUT2D eigenvalue weighted by Gasteiger charge is 2.51. The molecule has 5 rings (SSSR count). The molecule has 5 amide bonds. The number of sulfone groups is 1. The number of carbonyl (C=O) groups excluding carboxylic acids is 5. The topological polar surface area (TPSA) is 171 Å². The standard InChI is InChI=1S/C43H65N5O7S/c1-8-22-44-38(51)36(49)33(24-28-15-14-16-28)45-37(50)35-32(41(2,3)4)19-23-48(35)39(52)34(31-25-29-17-10-11-18-30(29)26-31)46-40(53)47-43(20-12-9-13-21-43)27-56(54,55)42(5,6)7/h8,10-11,17-18,28,31-35H,1,9,12-16,19-27H2,2-7H3,(H,44,51)(H,45,50)(H2,46,47,53)/t32-,33?,34-,35-/m0/s1. The van der Waals surface area contributed by atoms with Crippen LogP contribution in [0.2, 0.25) is 0 Å². The molecule has 1 saturated heterocycles. The first kappa shape index (κ1) is 43.4. The lowest BCUT2D eigenvalue weighted by Gasteiger charge is -2.40. The van der Waals surface area contributed by atoms with Crippen LogP contribution in [0, 0.1) is 23.2 Å². The summed E-state index contributed by atoms with van der Waals surface area (Å²) in [5.41, 5.74) is 0.802. The van der Waals surface area contributed by atoms with Crippen LogP contribution < -0.4 is 21.3 Å². The number of Topliss-reactive ketones (excluding diaryl/α,β-unsaturated/α-hetero) is 1. The normalized spacial score (nSPS) is 22.6. The van der Waals surface area contributed by atoms with Gasteiger partial charge in [0.05, 0.1) is 22.1 Å². The molecule has 13 heteroatoms. The zero-order valence-electron chi connectivity index (χ0n) is 34.4. The molecule has 1 unspecified atom stereocenters. The monoisotopic (exact) mass is 795 g/mol. The number of rotatable bonds is 14. The zero-order chi connectivity index (χ0) is 41.1. The molecule has 4 atom stereocenters. The molecule has 3 fully saturated rings. The summed E-state index contributed by atoms with van der Waals surface area (Å²) in [4.78, 5) is 71.7. The summed E-state index contributed by atoms with van der Waals surface area (Å²) in [6, 6.07) is 4.34. The van der Waals surface area contributed by atoms with Crippen molar-refractivity contribution >= 4 is 39.4 Å². The number of fused-ring (bicyclic) bond motifs is 1. The Labute approximate surface area is 334 Å². The van der Waals surface area contributed by atoms with E-state index in [2.05, 4.69) is 27.8 Å². The van der Waals surface area contributed by atoms with Crippen molar-refractivity contribution in [2.75, 3.05) is 18.8 Å². The highest BCUT2D eigenvalue weighted by atomic mass is 32.2. The highest BCUT2D eigenvalue weighted by molar-refractivity contribution is 7.92. The Kier molecular flexibility index (Phi) is 13.5. The van der Waals surface area contributed by atoms with Gasteiger partial charge in [0.2, 0.25) is 17.6 Å². The van der Waals surface area contributed by atoms with E-state index in [4.69, 9.17) is 0 Å². The average molecular weight is 796 g/mol. The molecule has 0 bridgehead atoms. The van der Waals surface area contributed by atoms with Crippen LogP contribution in [0.4, 0.5) is 4.79 Å². The fourth-order valence-electron chi connectivity index (χ4n) is 9.15. The summed E-state index contributed by atoms with van der Waals surface area (Å²) in [5.74, 6) is -2.97. The molecule has 1 aromatic carbocycles. The molecule has 310 valence electrons. The first-order valence-electron chi connectivity index (χ1n) is 20.7. The number of hydrogen-bond donors (Lipinski definition) is 4. The largest absolute Gasteiger partial charge is 0.346 e. The predicted octanol–water partition coefficient (Wildman–Crippen LogP) is 4.79. The molecule has 4 aliphatic rings. The van der Waals surface area contributed by atoms with Gasteiger partial charge in [-0.05, 0) is 93.6 Å². The van der Waals surface area contributed by atoms with Gasteiger partial charge in [0.15, 0.2) is 9.84 Å².